The number of aliphatic hydroxyl groups excluding tert-OH is 1. The number of nitrogens with one attached hydrogen (secondary N) is 1. The van der Waals surface area contributed by atoms with Crippen molar-refractivity contribution in [3.8, 4) is 0 Å². The summed E-state index contributed by atoms with van der Waals surface area (Å²) in [6.45, 7) is 3.48. The summed E-state index contributed by atoms with van der Waals surface area (Å²) in [4.78, 5) is 11.7. The Morgan fingerprint density at radius 3 is 2.58 bits per heavy atom. The molecule has 0 spiro atoms. The van der Waals surface area contributed by atoms with Crippen molar-refractivity contribution in [1.29, 1.82) is 0 Å². The van der Waals surface area contributed by atoms with Gasteiger partial charge in [0.05, 0.1) is 11.8 Å². The lowest BCUT2D eigenvalue weighted by atomic mass is 9.70. The highest BCUT2D eigenvalue weighted by atomic mass is 35.5. The SMILES string of the molecule is OC1CCN(c2nccc(C3(c4ccccc4Cl)CCNCC3)n2)CC1. The number of hydrogen-bond acceptors (Lipinski definition) is 5. The lowest BCUT2D eigenvalue weighted by Crippen LogP contribution is -2.42. The van der Waals surface area contributed by atoms with Crippen molar-refractivity contribution in [1.82, 2.24) is 15.3 Å². The summed E-state index contributed by atoms with van der Waals surface area (Å²) in [5.41, 5.74) is 2.02. The summed E-state index contributed by atoms with van der Waals surface area (Å²) in [6.07, 6.45) is 5.13. The fraction of sp³-hybridized carbons (Fsp3) is 0.500. The Bertz CT molecular complexity index is 755. The molecule has 0 unspecified atom stereocenters. The smallest absolute Gasteiger partial charge is 0.225 e. The van der Waals surface area contributed by atoms with E-state index >= 15 is 0 Å². The standard InChI is InChI=1S/C20H25ClN4O/c21-17-4-2-1-3-16(17)20(8-11-22-12-9-20)18-5-10-23-19(24-18)25-13-6-15(26)7-14-25/h1-5,10,15,22,26H,6-9,11-14H2. The summed E-state index contributed by atoms with van der Waals surface area (Å²) in [5.74, 6) is 0.763. The van der Waals surface area contributed by atoms with Crippen LogP contribution in [0.15, 0.2) is 36.5 Å². The molecule has 3 heterocycles. The molecule has 0 atom stereocenters. The minimum atomic E-state index is -0.201. The fourth-order valence-electron chi connectivity index (χ4n) is 4.20. The first-order valence-electron chi connectivity index (χ1n) is 9.41. The zero-order valence-electron chi connectivity index (χ0n) is 14.9. The topological polar surface area (TPSA) is 61.3 Å². The Hall–Kier alpha value is -1.69. The quantitative estimate of drug-likeness (QED) is 0.867. The molecular weight excluding hydrogens is 348 g/mol. The third kappa shape index (κ3) is 3.31. The maximum atomic E-state index is 9.76. The third-order valence-electron chi connectivity index (χ3n) is 5.73. The molecule has 1 aromatic carbocycles. The second-order valence-corrected chi connectivity index (χ2v) is 7.68. The van der Waals surface area contributed by atoms with Crippen molar-refractivity contribution < 1.29 is 5.11 Å². The number of nitrogens with zero attached hydrogens (tertiary/aromatic N) is 3. The first kappa shape index (κ1) is 17.7. The molecule has 26 heavy (non-hydrogen) atoms. The average molecular weight is 373 g/mol. The molecule has 2 saturated heterocycles. The lowest BCUT2D eigenvalue weighted by molar-refractivity contribution is 0.145. The van der Waals surface area contributed by atoms with Gasteiger partial charge in [-0.25, -0.2) is 9.97 Å². The van der Waals surface area contributed by atoms with Crippen LogP contribution in [0.4, 0.5) is 5.95 Å². The van der Waals surface area contributed by atoms with E-state index in [1.54, 1.807) is 0 Å². The van der Waals surface area contributed by atoms with Gasteiger partial charge in [0.25, 0.3) is 0 Å². The summed E-state index contributed by atoms with van der Waals surface area (Å²) < 4.78 is 0. The first-order chi connectivity index (χ1) is 12.7. The van der Waals surface area contributed by atoms with Crippen molar-refractivity contribution >= 4 is 17.5 Å². The van der Waals surface area contributed by atoms with E-state index in [1.165, 1.54) is 0 Å². The van der Waals surface area contributed by atoms with Crippen molar-refractivity contribution in [2.24, 2.45) is 0 Å². The van der Waals surface area contributed by atoms with E-state index < -0.39 is 0 Å². The highest BCUT2D eigenvalue weighted by Gasteiger charge is 2.39. The Balaban J connectivity index is 1.73. The molecule has 0 radical (unpaired) electrons. The number of hydrogen-bond donors (Lipinski definition) is 2. The predicted octanol–water partition coefficient (Wildman–Crippen LogP) is 2.76. The number of piperidine rings is 2. The second-order valence-electron chi connectivity index (χ2n) is 7.27. The Morgan fingerprint density at radius 2 is 1.85 bits per heavy atom. The molecular formula is C20H25ClN4O. The average Bonchev–Trinajstić information content (AvgIpc) is 2.69. The lowest BCUT2D eigenvalue weighted by Gasteiger charge is -2.39. The van der Waals surface area contributed by atoms with Crippen LogP contribution in [0.5, 0.6) is 0 Å². The molecule has 2 aliphatic rings. The number of aliphatic hydroxyl groups is 1. The molecule has 6 heteroatoms. The van der Waals surface area contributed by atoms with Gasteiger partial charge < -0.3 is 15.3 Å². The molecule has 5 nitrogen and oxygen atoms in total. The molecule has 0 bridgehead atoms. The molecule has 2 fully saturated rings. The van der Waals surface area contributed by atoms with Gasteiger partial charge in [-0.15, -0.1) is 0 Å². The Labute approximate surface area is 159 Å². The molecule has 0 saturated carbocycles. The van der Waals surface area contributed by atoms with Crippen LogP contribution in [-0.2, 0) is 5.41 Å². The zero-order valence-corrected chi connectivity index (χ0v) is 15.6. The normalized spacial score (nSPS) is 20.9. The highest BCUT2D eigenvalue weighted by molar-refractivity contribution is 6.31. The van der Waals surface area contributed by atoms with Gasteiger partial charge in [-0.2, -0.15) is 0 Å². The van der Waals surface area contributed by atoms with Crippen molar-refractivity contribution in [3.63, 3.8) is 0 Å². The van der Waals surface area contributed by atoms with Crippen molar-refractivity contribution in [2.75, 3.05) is 31.1 Å². The number of aromatic nitrogens is 2. The molecule has 2 N–H and O–H groups in total. The van der Waals surface area contributed by atoms with E-state index in [0.717, 1.165) is 74.1 Å². The Kier molecular flexibility index (Phi) is 5.11. The summed E-state index contributed by atoms with van der Waals surface area (Å²) >= 11 is 6.60. The zero-order chi connectivity index (χ0) is 18.0. The summed E-state index contributed by atoms with van der Waals surface area (Å²) in [6, 6.07) is 10.2. The van der Waals surface area contributed by atoms with Crippen LogP contribution in [0, 0.1) is 0 Å². The minimum absolute atomic E-state index is 0.184. The maximum absolute atomic E-state index is 9.76. The summed E-state index contributed by atoms with van der Waals surface area (Å²) in [5, 5.41) is 14.0. The van der Waals surface area contributed by atoms with Crippen molar-refractivity contribution in [2.45, 2.75) is 37.2 Å². The molecule has 2 aromatic rings. The van der Waals surface area contributed by atoms with Gasteiger partial charge in [-0.3, -0.25) is 0 Å². The largest absolute Gasteiger partial charge is 0.393 e. The predicted molar refractivity (Wildman–Crippen MR) is 104 cm³/mol. The monoisotopic (exact) mass is 372 g/mol. The van der Waals surface area contributed by atoms with Crippen LogP contribution in [0.3, 0.4) is 0 Å². The van der Waals surface area contributed by atoms with E-state index in [2.05, 4.69) is 27.3 Å². The fourth-order valence-corrected chi connectivity index (χ4v) is 4.52. The Morgan fingerprint density at radius 1 is 1.12 bits per heavy atom. The molecule has 4 rings (SSSR count). The number of benzene rings is 1. The number of anilines is 1. The molecule has 2 aliphatic heterocycles. The van der Waals surface area contributed by atoms with Gasteiger partial charge in [-0.05, 0) is 56.5 Å². The highest BCUT2D eigenvalue weighted by Crippen LogP contribution is 2.42. The minimum Gasteiger partial charge on any atom is -0.393 e. The van der Waals surface area contributed by atoms with Gasteiger partial charge in [0, 0.05) is 29.7 Å². The van der Waals surface area contributed by atoms with E-state index in [0.29, 0.717) is 0 Å². The molecule has 0 amide bonds. The van der Waals surface area contributed by atoms with E-state index in [4.69, 9.17) is 16.6 Å². The van der Waals surface area contributed by atoms with Crippen LogP contribution in [0.2, 0.25) is 5.02 Å². The van der Waals surface area contributed by atoms with Crippen LogP contribution in [0.1, 0.15) is 36.9 Å². The number of halogens is 1. The van der Waals surface area contributed by atoms with Crippen LogP contribution in [-0.4, -0.2) is 47.4 Å². The van der Waals surface area contributed by atoms with Gasteiger partial charge >= 0.3 is 0 Å². The van der Waals surface area contributed by atoms with E-state index in [1.807, 2.05) is 24.4 Å². The van der Waals surface area contributed by atoms with Gasteiger partial charge in [0.15, 0.2) is 0 Å². The molecule has 138 valence electrons. The summed E-state index contributed by atoms with van der Waals surface area (Å²) in [7, 11) is 0. The van der Waals surface area contributed by atoms with Crippen LogP contribution < -0.4 is 10.2 Å². The third-order valence-corrected chi connectivity index (χ3v) is 6.06. The molecule has 1 aromatic heterocycles. The van der Waals surface area contributed by atoms with Crippen LogP contribution in [0.25, 0.3) is 0 Å². The van der Waals surface area contributed by atoms with Gasteiger partial charge in [-0.1, -0.05) is 29.8 Å². The van der Waals surface area contributed by atoms with E-state index in [9.17, 15) is 5.11 Å². The van der Waals surface area contributed by atoms with Crippen molar-refractivity contribution in [3.05, 3.63) is 52.8 Å². The van der Waals surface area contributed by atoms with Crippen LogP contribution >= 0.6 is 11.6 Å². The second kappa shape index (κ2) is 7.51. The van der Waals surface area contributed by atoms with Gasteiger partial charge in [0.1, 0.15) is 0 Å². The maximum Gasteiger partial charge on any atom is 0.225 e. The first-order valence-corrected chi connectivity index (χ1v) is 9.79. The van der Waals surface area contributed by atoms with Gasteiger partial charge in [0.2, 0.25) is 5.95 Å². The van der Waals surface area contributed by atoms with E-state index in [-0.39, 0.29) is 11.5 Å². The number of rotatable bonds is 3. The molecule has 0 aliphatic carbocycles.